The van der Waals surface area contributed by atoms with Crippen LogP contribution in [0, 0.1) is 11.8 Å². The molecule has 192 valence electrons. The number of aliphatic carboxylic acids is 1. The summed E-state index contributed by atoms with van der Waals surface area (Å²) in [7, 11) is 1.73. The third-order valence-corrected chi connectivity index (χ3v) is 6.56. The van der Waals surface area contributed by atoms with Crippen molar-refractivity contribution >= 4 is 29.2 Å². The van der Waals surface area contributed by atoms with Crippen molar-refractivity contribution in [1.29, 1.82) is 0 Å². The molecule has 1 heterocycles. The second-order valence-corrected chi connectivity index (χ2v) is 10.3. The molecule has 3 atom stereocenters. The predicted molar refractivity (Wildman–Crippen MR) is 142 cm³/mol. The van der Waals surface area contributed by atoms with Gasteiger partial charge >= 0.3 is 5.97 Å². The highest BCUT2D eigenvalue weighted by Gasteiger charge is 2.32. The Labute approximate surface area is 213 Å². The number of carbonyl (C=O) groups excluding carboxylic acids is 1. The first-order valence-corrected chi connectivity index (χ1v) is 12.6. The van der Waals surface area contributed by atoms with E-state index >= 15 is 0 Å². The molecular weight excluding hydrogens is 467 g/mol. The zero-order valence-corrected chi connectivity index (χ0v) is 22.2. The summed E-state index contributed by atoms with van der Waals surface area (Å²) in [6.45, 7) is 13.5. The van der Waals surface area contributed by atoms with Gasteiger partial charge in [-0.25, -0.2) is 4.39 Å². The lowest BCUT2D eigenvalue weighted by atomic mass is 9.91. The van der Waals surface area contributed by atoms with Gasteiger partial charge in [0, 0.05) is 43.9 Å². The summed E-state index contributed by atoms with van der Waals surface area (Å²) < 4.78 is 14.4. The molecule has 0 radical (unpaired) electrons. The molecule has 5 nitrogen and oxygen atoms in total. The van der Waals surface area contributed by atoms with E-state index in [2.05, 4.69) is 25.3 Å². The first-order valence-electron chi connectivity index (χ1n) is 12.1. The highest BCUT2D eigenvalue weighted by Crippen LogP contribution is 2.42. The molecule has 0 bridgehead atoms. The molecule has 1 aromatic rings. The van der Waals surface area contributed by atoms with Crippen LogP contribution in [0.4, 0.5) is 10.1 Å². The standard InChI is InChI=1S/C28H38ClFN2O3/c1-7-20(13-27(33)34)11-12-31(6)28(35)22-9-10-23-24(21(8-2)14-25(30)19(5)29)17-32(16-18(3)4)26(23)15-22/h7-10,14-15,18-20,24H,1,11-13,16-17H2,2-6H3,(H,33,34)/b21-8+,25-14+/t19-,20?,24?/m1/s1. The van der Waals surface area contributed by atoms with Gasteiger partial charge in [-0.2, -0.15) is 0 Å². The molecule has 1 aliphatic rings. The van der Waals surface area contributed by atoms with Crippen LogP contribution in [-0.2, 0) is 4.79 Å². The van der Waals surface area contributed by atoms with Gasteiger partial charge in [-0.1, -0.05) is 32.1 Å². The molecule has 1 N–H and O–H groups in total. The first-order chi connectivity index (χ1) is 16.5. The lowest BCUT2D eigenvalue weighted by Gasteiger charge is -2.23. The number of rotatable bonds is 12. The van der Waals surface area contributed by atoms with E-state index in [9.17, 15) is 14.0 Å². The fraction of sp³-hybridized carbons (Fsp3) is 0.500. The number of alkyl halides is 1. The number of fused-ring (bicyclic) bond motifs is 1. The number of carboxylic acids is 1. The van der Waals surface area contributed by atoms with E-state index < -0.39 is 11.3 Å². The van der Waals surface area contributed by atoms with Crippen molar-refractivity contribution in [2.45, 2.75) is 51.8 Å². The molecule has 0 saturated carbocycles. The zero-order chi connectivity index (χ0) is 26.3. The van der Waals surface area contributed by atoms with Crippen LogP contribution >= 0.6 is 11.6 Å². The van der Waals surface area contributed by atoms with Crippen LogP contribution in [0.15, 0.2) is 54.4 Å². The Morgan fingerprint density at radius 1 is 1.34 bits per heavy atom. The third kappa shape index (κ3) is 7.69. The second-order valence-electron chi connectivity index (χ2n) is 9.67. The number of allylic oxidation sites excluding steroid dienone is 4. The van der Waals surface area contributed by atoms with E-state index in [4.69, 9.17) is 16.7 Å². The molecule has 0 spiro atoms. The molecule has 35 heavy (non-hydrogen) atoms. The van der Waals surface area contributed by atoms with E-state index in [0.29, 0.717) is 31.0 Å². The van der Waals surface area contributed by atoms with Crippen molar-refractivity contribution in [1.82, 2.24) is 4.90 Å². The van der Waals surface area contributed by atoms with Crippen LogP contribution in [0.5, 0.6) is 0 Å². The molecule has 1 amide bonds. The van der Waals surface area contributed by atoms with E-state index in [-0.39, 0.29) is 30.0 Å². The number of carboxylic acid groups (broad SMARTS) is 1. The normalized spacial score (nSPS) is 17.8. The van der Waals surface area contributed by atoms with Crippen molar-refractivity contribution < 1.29 is 19.1 Å². The van der Waals surface area contributed by atoms with Crippen LogP contribution in [0.25, 0.3) is 0 Å². The van der Waals surface area contributed by atoms with Crippen LogP contribution in [0.2, 0.25) is 0 Å². The van der Waals surface area contributed by atoms with E-state index in [1.165, 1.54) is 6.08 Å². The topological polar surface area (TPSA) is 60.9 Å². The fourth-order valence-electron chi connectivity index (χ4n) is 4.43. The van der Waals surface area contributed by atoms with Crippen LogP contribution in [0.3, 0.4) is 0 Å². The van der Waals surface area contributed by atoms with Gasteiger partial charge in [-0.3, -0.25) is 9.59 Å². The van der Waals surface area contributed by atoms with Gasteiger partial charge in [0.15, 0.2) is 0 Å². The molecule has 1 aliphatic heterocycles. The Hall–Kier alpha value is -2.60. The summed E-state index contributed by atoms with van der Waals surface area (Å²) in [4.78, 5) is 28.1. The smallest absolute Gasteiger partial charge is 0.303 e. The van der Waals surface area contributed by atoms with Gasteiger partial charge in [0.2, 0.25) is 0 Å². The van der Waals surface area contributed by atoms with Crippen LogP contribution in [-0.4, -0.2) is 53.9 Å². The van der Waals surface area contributed by atoms with Gasteiger partial charge in [-0.15, -0.1) is 18.2 Å². The van der Waals surface area contributed by atoms with Crippen molar-refractivity contribution in [3.8, 4) is 0 Å². The average Bonchev–Trinajstić information content (AvgIpc) is 3.15. The number of hydrogen-bond donors (Lipinski definition) is 1. The zero-order valence-electron chi connectivity index (χ0n) is 21.4. The van der Waals surface area contributed by atoms with E-state index in [0.717, 1.165) is 23.4 Å². The average molecular weight is 505 g/mol. The summed E-state index contributed by atoms with van der Waals surface area (Å²) in [6.07, 6.45) is 5.62. The highest BCUT2D eigenvalue weighted by atomic mass is 35.5. The van der Waals surface area contributed by atoms with Gasteiger partial charge in [0.1, 0.15) is 5.83 Å². The number of anilines is 1. The monoisotopic (exact) mass is 504 g/mol. The molecule has 7 heteroatoms. The van der Waals surface area contributed by atoms with Crippen LogP contribution in [0.1, 0.15) is 62.4 Å². The summed E-state index contributed by atoms with van der Waals surface area (Å²) in [5, 5.41) is 8.34. The Bertz CT molecular complexity index is 986. The molecule has 1 aromatic carbocycles. The SMILES string of the molecule is C=CC(CCN(C)C(=O)c1ccc2c(c1)N(CC(C)C)CC2C(=C/C)/C=C(/F)[C@@H](C)Cl)CC(=O)O. The maximum Gasteiger partial charge on any atom is 0.303 e. The number of halogens is 2. The largest absolute Gasteiger partial charge is 0.481 e. The number of benzene rings is 1. The molecular formula is C28H38ClFN2O3. The lowest BCUT2D eigenvalue weighted by Crippen LogP contribution is -2.29. The van der Waals surface area contributed by atoms with Crippen molar-refractivity contribution in [3.05, 3.63) is 65.5 Å². The number of hydrogen-bond acceptors (Lipinski definition) is 3. The third-order valence-electron chi connectivity index (χ3n) is 6.35. The van der Waals surface area contributed by atoms with Gasteiger partial charge in [0.05, 0.1) is 11.8 Å². The Morgan fingerprint density at radius 2 is 2.03 bits per heavy atom. The summed E-state index contributed by atoms with van der Waals surface area (Å²) in [5.41, 5.74) is 3.50. The molecule has 2 rings (SSSR count). The first kappa shape index (κ1) is 28.6. The Morgan fingerprint density at radius 3 is 2.57 bits per heavy atom. The van der Waals surface area contributed by atoms with Crippen LogP contribution < -0.4 is 4.90 Å². The molecule has 2 unspecified atom stereocenters. The Balaban J connectivity index is 2.31. The minimum Gasteiger partial charge on any atom is -0.481 e. The minimum absolute atomic E-state index is 0.000737. The molecule has 0 aromatic heterocycles. The number of amides is 1. The fourth-order valence-corrected chi connectivity index (χ4v) is 4.49. The van der Waals surface area contributed by atoms with E-state index in [1.54, 1.807) is 24.9 Å². The summed E-state index contributed by atoms with van der Waals surface area (Å²) in [5.74, 6) is -1.14. The van der Waals surface area contributed by atoms with Crippen molar-refractivity contribution in [2.24, 2.45) is 11.8 Å². The maximum atomic E-state index is 14.4. The maximum absolute atomic E-state index is 14.4. The molecule has 0 fully saturated rings. The van der Waals surface area contributed by atoms with Crippen molar-refractivity contribution in [2.75, 3.05) is 31.6 Å². The quantitative estimate of drug-likeness (QED) is 0.203. The summed E-state index contributed by atoms with van der Waals surface area (Å²) >= 11 is 5.94. The second kappa shape index (κ2) is 12.9. The van der Waals surface area contributed by atoms with Gasteiger partial charge in [0.25, 0.3) is 5.91 Å². The summed E-state index contributed by atoms with van der Waals surface area (Å²) in [6, 6.07) is 5.72. The lowest BCUT2D eigenvalue weighted by molar-refractivity contribution is -0.137. The Kier molecular flexibility index (Phi) is 10.6. The molecule has 0 aliphatic carbocycles. The highest BCUT2D eigenvalue weighted by molar-refractivity contribution is 6.21. The number of nitrogens with zero attached hydrogens (tertiary/aromatic N) is 2. The predicted octanol–water partition coefficient (Wildman–Crippen LogP) is 6.41. The van der Waals surface area contributed by atoms with Gasteiger partial charge in [-0.05, 0) is 61.4 Å². The number of carbonyl (C=O) groups is 2. The van der Waals surface area contributed by atoms with Gasteiger partial charge < -0.3 is 14.9 Å². The van der Waals surface area contributed by atoms with Crippen molar-refractivity contribution in [3.63, 3.8) is 0 Å². The minimum atomic E-state index is -0.877. The molecule has 0 saturated heterocycles. The van der Waals surface area contributed by atoms with E-state index in [1.807, 2.05) is 31.2 Å².